The summed E-state index contributed by atoms with van der Waals surface area (Å²) in [6.07, 6.45) is 7.95. The number of rotatable bonds is 9. The van der Waals surface area contributed by atoms with E-state index in [2.05, 4.69) is 31.7 Å². The molecule has 1 aliphatic rings. The van der Waals surface area contributed by atoms with Gasteiger partial charge in [-0.05, 0) is 84.6 Å². The van der Waals surface area contributed by atoms with Crippen molar-refractivity contribution in [2.24, 2.45) is 10.9 Å². The first-order chi connectivity index (χ1) is 19.4. The number of aliphatic imine (C=N–C) groups is 1. The molecule has 40 heavy (non-hydrogen) atoms. The van der Waals surface area contributed by atoms with Crippen LogP contribution in [0.3, 0.4) is 0 Å². The second-order valence-electron chi connectivity index (χ2n) is 9.83. The van der Waals surface area contributed by atoms with Crippen molar-refractivity contribution in [3.05, 3.63) is 102 Å². The Labute approximate surface area is 231 Å². The van der Waals surface area contributed by atoms with Crippen molar-refractivity contribution in [3.8, 4) is 16.9 Å². The predicted octanol–water partition coefficient (Wildman–Crippen LogP) is 5.35. The Morgan fingerprint density at radius 3 is 2.67 bits per heavy atom. The average molecular weight is 542 g/mol. The summed E-state index contributed by atoms with van der Waals surface area (Å²) in [7, 11) is 0. The smallest absolute Gasteiger partial charge is 0.230 e. The Balaban J connectivity index is 1.31. The number of ether oxygens (including phenoxy) is 1. The quantitative estimate of drug-likeness (QED) is 0.298. The van der Waals surface area contributed by atoms with E-state index in [0.717, 1.165) is 45.5 Å². The number of nitrogens with one attached hydrogen (secondary N) is 2. The average Bonchev–Trinajstić information content (AvgIpc) is 2.96. The lowest BCUT2D eigenvalue weighted by atomic mass is 10.00. The summed E-state index contributed by atoms with van der Waals surface area (Å²) in [6.45, 7) is 4.46. The zero-order valence-corrected chi connectivity index (χ0v) is 22.1. The van der Waals surface area contributed by atoms with Crippen molar-refractivity contribution >= 4 is 23.0 Å². The topological polar surface area (TPSA) is 88.5 Å². The van der Waals surface area contributed by atoms with Crippen molar-refractivity contribution in [2.75, 3.05) is 0 Å². The van der Waals surface area contributed by atoms with Gasteiger partial charge < -0.3 is 10.1 Å². The van der Waals surface area contributed by atoms with Crippen LogP contribution in [0.4, 0.5) is 8.78 Å². The van der Waals surface area contributed by atoms with E-state index in [9.17, 15) is 13.6 Å². The number of halogens is 2. The molecule has 0 spiro atoms. The number of amides is 1. The van der Waals surface area contributed by atoms with Gasteiger partial charge in [0, 0.05) is 30.9 Å². The molecule has 0 saturated heterocycles. The van der Waals surface area contributed by atoms with Crippen molar-refractivity contribution in [1.29, 1.82) is 0 Å². The molecule has 1 aromatic heterocycles. The van der Waals surface area contributed by atoms with Gasteiger partial charge in [-0.25, -0.2) is 18.7 Å². The van der Waals surface area contributed by atoms with Crippen LogP contribution >= 0.6 is 0 Å². The normalized spacial score (nSPS) is 16.4. The zero-order chi connectivity index (χ0) is 28.1. The molecule has 5 rings (SSSR count). The minimum Gasteiger partial charge on any atom is -0.491 e. The second kappa shape index (κ2) is 12.1. The molecule has 0 bridgehead atoms. The third-order valence-corrected chi connectivity index (χ3v) is 6.44. The second-order valence-corrected chi connectivity index (χ2v) is 9.83. The van der Waals surface area contributed by atoms with E-state index in [1.54, 1.807) is 24.6 Å². The molecule has 204 valence electrons. The molecule has 2 heterocycles. The molecule has 1 unspecified atom stereocenters. The number of fused-ring (bicyclic) bond motifs is 1. The van der Waals surface area contributed by atoms with Gasteiger partial charge in [-0.3, -0.25) is 15.1 Å². The fourth-order valence-electron chi connectivity index (χ4n) is 4.53. The van der Waals surface area contributed by atoms with E-state index in [0.29, 0.717) is 12.1 Å². The van der Waals surface area contributed by atoms with Crippen molar-refractivity contribution in [3.63, 3.8) is 0 Å². The van der Waals surface area contributed by atoms with Gasteiger partial charge in [0.05, 0.1) is 17.5 Å². The summed E-state index contributed by atoms with van der Waals surface area (Å²) in [5, 5.41) is 7.11. The maximum absolute atomic E-state index is 13.5. The van der Waals surface area contributed by atoms with E-state index < -0.39 is 23.7 Å². The Kier molecular flexibility index (Phi) is 8.21. The third-order valence-electron chi connectivity index (χ3n) is 6.44. The van der Waals surface area contributed by atoms with Crippen LogP contribution in [0.25, 0.3) is 22.0 Å². The number of aromatic nitrogens is 2. The molecule has 1 aliphatic heterocycles. The molecular weight excluding hydrogens is 512 g/mol. The molecule has 0 fully saturated rings. The standard InChI is InChI=1S/C31H29F2N5O2/c1-19(2)40-25-11-21(10-23(14-25)22-6-8-29-24(13-22)17-34-18-38-29)16-36-30-26(4-3-9-35-30)31(39)37-15-20-5-7-27(32)28(33)12-20/h3-14,17-19,26,30,36H,15-16H2,1-2H3,(H,37,39)/t26-,30?/m0/s1. The highest BCUT2D eigenvalue weighted by atomic mass is 19.2. The lowest BCUT2D eigenvalue weighted by molar-refractivity contribution is -0.124. The van der Waals surface area contributed by atoms with Crippen LogP contribution in [-0.2, 0) is 17.9 Å². The molecule has 2 atom stereocenters. The SMILES string of the molecule is CC(C)Oc1cc(CNC2N=CC=C[C@@H]2C(=O)NCc2ccc(F)c(F)c2)cc(-c2ccc3ncncc3c2)c1. The summed E-state index contributed by atoms with van der Waals surface area (Å²) in [5.41, 5.74) is 4.28. The fourth-order valence-corrected chi connectivity index (χ4v) is 4.53. The number of allylic oxidation sites excluding steroid dienone is 1. The molecule has 0 aliphatic carbocycles. The Hall–Kier alpha value is -4.50. The number of hydrogen-bond donors (Lipinski definition) is 2. The zero-order valence-electron chi connectivity index (χ0n) is 22.1. The van der Waals surface area contributed by atoms with Gasteiger partial charge in [0.25, 0.3) is 0 Å². The van der Waals surface area contributed by atoms with Crippen LogP contribution < -0.4 is 15.4 Å². The van der Waals surface area contributed by atoms with Crippen LogP contribution in [-0.4, -0.2) is 34.4 Å². The maximum atomic E-state index is 13.5. The number of hydrogen-bond acceptors (Lipinski definition) is 6. The molecule has 1 amide bonds. The summed E-state index contributed by atoms with van der Waals surface area (Å²) in [6, 6.07) is 15.6. The van der Waals surface area contributed by atoms with E-state index in [1.807, 2.05) is 44.2 Å². The summed E-state index contributed by atoms with van der Waals surface area (Å²) < 4.78 is 32.8. The fraction of sp³-hybridized carbons (Fsp3) is 0.226. The first-order valence-corrected chi connectivity index (χ1v) is 13.0. The van der Waals surface area contributed by atoms with Gasteiger partial charge in [-0.2, -0.15) is 0 Å². The molecule has 4 aromatic rings. The predicted molar refractivity (Wildman–Crippen MR) is 151 cm³/mol. The summed E-state index contributed by atoms with van der Waals surface area (Å²) >= 11 is 0. The number of carbonyl (C=O) groups is 1. The van der Waals surface area contributed by atoms with Crippen molar-refractivity contribution in [1.82, 2.24) is 20.6 Å². The molecule has 0 saturated carbocycles. The molecule has 0 radical (unpaired) electrons. The summed E-state index contributed by atoms with van der Waals surface area (Å²) in [5.74, 6) is -1.99. The molecule has 3 aromatic carbocycles. The number of dihydropyridines is 1. The first kappa shape index (κ1) is 27.1. The van der Waals surface area contributed by atoms with E-state index in [4.69, 9.17) is 4.74 Å². The number of nitrogens with zero attached hydrogens (tertiary/aromatic N) is 3. The Morgan fingerprint density at radius 2 is 1.85 bits per heavy atom. The van der Waals surface area contributed by atoms with Gasteiger partial charge in [0.1, 0.15) is 18.2 Å². The van der Waals surface area contributed by atoms with Crippen molar-refractivity contribution in [2.45, 2.75) is 39.2 Å². The van der Waals surface area contributed by atoms with E-state index >= 15 is 0 Å². The summed E-state index contributed by atoms with van der Waals surface area (Å²) in [4.78, 5) is 25.9. The molecule has 2 N–H and O–H groups in total. The van der Waals surface area contributed by atoms with Crippen LogP contribution in [0.2, 0.25) is 0 Å². The highest BCUT2D eigenvalue weighted by molar-refractivity contribution is 5.85. The molecule has 9 heteroatoms. The maximum Gasteiger partial charge on any atom is 0.230 e. The Bertz CT molecular complexity index is 1590. The van der Waals surface area contributed by atoms with Gasteiger partial charge in [-0.1, -0.05) is 18.2 Å². The van der Waals surface area contributed by atoms with Gasteiger partial charge in [-0.15, -0.1) is 0 Å². The minimum absolute atomic E-state index is 0.00296. The number of benzene rings is 3. The van der Waals surface area contributed by atoms with Crippen LogP contribution in [0.15, 0.2) is 84.3 Å². The monoisotopic (exact) mass is 541 g/mol. The lowest BCUT2D eigenvalue weighted by Gasteiger charge is -2.24. The van der Waals surface area contributed by atoms with Gasteiger partial charge in [0.15, 0.2) is 11.6 Å². The molecule has 7 nitrogen and oxygen atoms in total. The van der Waals surface area contributed by atoms with E-state index in [1.165, 1.54) is 12.4 Å². The van der Waals surface area contributed by atoms with Crippen molar-refractivity contribution < 1.29 is 18.3 Å². The largest absolute Gasteiger partial charge is 0.491 e. The molecular formula is C31H29F2N5O2. The van der Waals surface area contributed by atoms with Crippen LogP contribution in [0, 0.1) is 17.6 Å². The van der Waals surface area contributed by atoms with Crippen LogP contribution in [0.5, 0.6) is 5.75 Å². The minimum atomic E-state index is -0.950. The van der Waals surface area contributed by atoms with Gasteiger partial charge >= 0.3 is 0 Å². The van der Waals surface area contributed by atoms with Crippen LogP contribution in [0.1, 0.15) is 25.0 Å². The number of carbonyl (C=O) groups excluding carboxylic acids is 1. The lowest BCUT2D eigenvalue weighted by Crippen LogP contribution is -2.43. The Morgan fingerprint density at radius 1 is 0.975 bits per heavy atom. The first-order valence-electron chi connectivity index (χ1n) is 13.0. The third kappa shape index (κ3) is 6.55. The van der Waals surface area contributed by atoms with Gasteiger partial charge in [0.2, 0.25) is 5.91 Å². The van der Waals surface area contributed by atoms with E-state index in [-0.39, 0.29) is 18.6 Å². The highest BCUT2D eigenvalue weighted by Crippen LogP contribution is 2.29. The highest BCUT2D eigenvalue weighted by Gasteiger charge is 2.26.